The van der Waals surface area contributed by atoms with Crippen molar-refractivity contribution >= 4 is 28.2 Å². The smallest absolute Gasteiger partial charge is 0.141 e. The molecule has 0 aliphatic heterocycles. The second kappa shape index (κ2) is 5.54. The zero-order valence-corrected chi connectivity index (χ0v) is 13.9. The van der Waals surface area contributed by atoms with Crippen molar-refractivity contribution in [2.45, 2.75) is 27.3 Å². The number of thiocarbonyl (C=S) groups is 1. The molecule has 0 amide bonds. The van der Waals surface area contributed by atoms with E-state index in [0.29, 0.717) is 11.5 Å². The Labute approximate surface area is 135 Å². The Kier molecular flexibility index (Phi) is 3.71. The summed E-state index contributed by atoms with van der Waals surface area (Å²) < 4.78 is 2.11. The normalized spacial score (nSPS) is 11.0. The molecular weight excluding hydrogens is 290 g/mol. The summed E-state index contributed by atoms with van der Waals surface area (Å²) >= 11 is 5.13. The number of hydrogen-bond acceptors (Lipinski definition) is 2. The minimum atomic E-state index is 0.464. The van der Waals surface area contributed by atoms with Crippen LogP contribution in [-0.2, 0) is 6.54 Å². The molecule has 3 nitrogen and oxygen atoms in total. The van der Waals surface area contributed by atoms with Gasteiger partial charge in [-0.2, -0.15) is 0 Å². The fraction of sp³-hybridized carbons (Fsp3) is 0.222. The SMILES string of the molecule is Cc1cccc(-c2nc3cc(C)c(C)cc3n2CC(N)=S)c1. The van der Waals surface area contributed by atoms with Gasteiger partial charge < -0.3 is 10.3 Å². The standard InChI is InChI=1S/C18H19N3S/c1-11-5-4-6-14(7-11)18-20-15-8-12(2)13(3)9-16(15)21(18)10-17(19)22/h4-9H,10H2,1-3H3,(H2,19,22). The van der Waals surface area contributed by atoms with Crippen molar-refractivity contribution in [2.75, 3.05) is 0 Å². The van der Waals surface area contributed by atoms with Gasteiger partial charge in [-0.15, -0.1) is 0 Å². The van der Waals surface area contributed by atoms with E-state index in [1.54, 1.807) is 0 Å². The number of nitrogens with zero attached hydrogens (tertiary/aromatic N) is 2. The summed E-state index contributed by atoms with van der Waals surface area (Å²) in [6, 6.07) is 12.6. The van der Waals surface area contributed by atoms with Gasteiger partial charge in [0.1, 0.15) is 5.82 Å². The first-order valence-electron chi connectivity index (χ1n) is 7.28. The third kappa shape index (κ3) is 2.62. The van der Waals surface area contributed by atoms with Gasteiger partial charge in [0.25, 0.3) is 0 Å². The summed E-state index contributed by atoms with van der Waals surface area (Å²) in [5.41, 5.74) is 12.6. The topological polar surface area (TPSA) is 43.8 Å². The molecule has 2 N–H and O–H groups in total. The first-order chi connectivity index (χ1) is 10.5. The van der Waals surface area contributed by atoms with Gasteiger partial charge in [0.15, 0.2) is 0 Å². The van der Waals surface area contributed by atoms with Crippen molar-refractivity contribution in [1.29, 1.82) is 0 Å². The van der Waals surface area contributed by atoms with Crippen molar-refractivity contribution in [1.82, 2.24) is 9.55 Å². The van der Waals surface area contributed by atoms with Gasteiger partial charge >= 0.3 is 0 Å². The molecule has 3 aromatic rings. The summed E-state index contributed by atoms with van der Waals surface area (Å²) in [7, 11) is 0. The Morgan fingerprint density at radius 2 is 1.86 bits per heavy atom. The fourth-order valence-corrected chi connectivity index (χ4v) is 2.83. The summed E-state index contributed by atoms with van der Waals surface area (Å²) in [5, 5.41) is 0. The highest BCUT2D eigenvalue weighted by atomic mass is 32.1. The van der Waals surface area contributed by atoms with Gasteiger partial charge in [-0.05, 0) is 50.1 Å². The Balaban J connectivity index is 2.30. The second-order valence-corrected chi connectivity index (χ2v) is 6.31. The third-order valence-corrected chi connectivity index (χ3v) is 4.08. The molecule has 4 heteroatoms. The molecule has 0 spiro atoms. The van der Waals surface area contributed by atoms with Gasteiger partial charge in [-0.1, -0.05) is 36.0 Å². The van der Waals surface area contributed by atoms with Gasteiger partial charge in [-0.3, -0.25) is 0 Å². The lowest BCUT2D eigenvalue weighted by atomic mass is 10.1. The molecule has 0 atom stereocenters. The molecule has 1 heterocycles. The lowest BCUT2D eigenvalue weighted by molar-refractivity contribution is 0.894. The van der Waals surface area contributed by atoms with E-state index >= 15 is 0 Å². The molecular formula is C18H19N3S. The van der Waals surface area contributed by atoms with Crippen LogP contribution in [0.15, 0.2) is 36.4 Å². The Bertz CT molecular complexity index is 877. The molecule has 0 radical (unpaired) electrons. The molecule has 0 saturated heterocycles. The van der Waals surface area contributed by atoms with Crippen LogP contribution in [0.5, 0.6) is 0 Å². The minimum Gasteiger partial charge on any atom is -0.392 e. The van der Waals surface area contributed by atoms with Crippen LogP contribution in [0.2, 0.25) is 0 Å². The highest BCUT2D eigenvalue weighted by Crippen LogP contribution is 2.27. The van der Waals surface area contributed by atoms with Crippen LogP contribution in [0.3, 0.4) is 0 Å². The van der Waals surface area contributed by atoms with E-state index in [1.807, 2.05) is 6.07 Å². The second-order valence-electron chi connectivity index (χ2n) is 5.78. The van der Waals surface area contributed by atoms with Gasteiger partial charge in [0, 0.05) is 5.56 Å². The maximum atomic E-state index is 5.80. The number of nitrogens with two attached hydrogens (primary N) is 1. The molecule has 0 aliphatic carbocycles. The van der Waals surface area contributed by atoms with Gasteiger partial charge in [-0.25, -0.2) is 4.98 Å². The molecule has 0 unspecified atom stereocenters. The number of fused-ring (bicyclic) bond motifs is 1. The van der Waals surface area contributed by atoms with E-state index in [0.717, 1.165) is 22.4 Å². The predicted octanol–water partition coefficient (Wildman–Crippen LogP) is 3.91. The zero-order valence-electron chi connectivity index (χ0n) is 13.1. The summed E-state index contributed by atoms with van der Waals surface area (Å²) in [6.45, 7) is 6.79. The van der Waals surface area contributed by atoms with Crippen LogP contribution in [0.25, 0.3) is 22.4 Å². The molecule has 112 valence electrons. The first-order valence-corrected chi connectivity index (χ1v) is 7.69. The lowest BCUT2D eigenvalue weighted by Crippen LogP contribution is -2.17. The van der Waals surface area contributed by atoms with Crippen LogP contribution in [-0.4, -0.2) is 14.5 Å². The molecule has 2 aromatic carbocycles. The van der Waals surface area contributed by atoms with E-state index in [9.17, 15) is 0 Å². The largest absolute Gasteiger partial charge is 0.392 e. The van der Waals surface area contributed by atoms with E-state index in [1.165, 1.54) is 16.7 Å². The molecule has 1 aromatic heterocycles. The average molecular weight is 309 g/mol. The van der Waals surface area contributed by atoms with Gasteiger partial charge in [0.2, 0.25) is 0 Å². The van der Waals surface area contributed by atoms with Crippen LogP contribution >= 0.6 is 12.2 Å². The zero-order chi connectivity index (χ0) is 15.9. The van der Waals surface area contributed by atoms with Crippen LogP contribution in [0.4, 0.5) is 0 Å². The summed E-state index contributed by atoms with van der Waals surface area (Å²) in [6.07, 6.45) is 0. The van der Waals surface area contributed by atoms with Crippen LogP contribution in [0, 0.1) is 20.8 Å². The average Bonchev–Trinajstić information content (AvgIpc) is 2.77. The summed E-state index contributed by atoms with van der Waals surface area (Å²) in [5.74, 6) is 0.913. The number of hydrogen-bond donors (Lipinski definition) is 1. The fourth-order valence-electron chi connectivity index (χ4n) is 2.70. The molecule has 0 fully saturated rings. The van der Waals surface area contributed by atoms with E-state index in [2.05, 4.69) is 55.7 Å². The van der Waals surface area contributed by atoms with Crippen LogP contribution < -0.4 is 5.73 Å². The monoisotopic (exact) mass is 309 g/mol. The predicted molar refractivity (Wildman–Crippen MR) is 96.2 cm³/mol. The van der Waals surface area contributed by atoms with Crippen LogP contribution in [0.1, 0.15) is 16.7 Å². The van der Waals surface area contributed by atoms with E-state index in [4.69, 9.17) is 22.9 Å². The van der Waals surface area contributed by atoms with Crippen molar-refractivity contribution in [3.05, 3.63) is 53.1 Å². The summed E-state index contributed by atoms with van der Waals surface area (Å²) in [4.78, 5) is 5.29. The maximum Gasteiger partial charge on any atom is 0.141 e. The van der Waals surface area contributed by atoms with Crippen molar-refractivity contribution in [3.63, 3.8) is 0 Å². The van der Waals surface area contributed by atoms with Crippen molar-refractivity contribution in [2.24, 2.45) is 5.73 Å². The molecule has 0 bridgehead atoms. The number of aryl methyl sites for hydroxylation is 3. The molecule has 0 aliphatic rings. The third-order valence-electron chi connectivity index (χ3n) is 3.95. The first kappa shape index (κ1) is 14.7. The highest BCUT2D eigenvalue weighted by Gasteiger charge is 2.14. The van der Waals surface area contributed by atoms with Gasteiger partial charge in [0.05, 0.1) is 22.6 Å². The van der Waals surface area contributed by atoms with Crippen molar-refractivity contribution in [3.8, 4) is 11.4 Å². The molecule has 0 saturated carbocycles. The Morgan fingerprint density at radius 1 is 1.14 bits per heavy atom. The maximum absolute atomic E-state index is 5.80. The quantitative estimate of drug-likeness (QED) is 0.746. The Hall–Kier alpha value is -2.20. The molecule has 3 rings (SSSR count). The molecule has 22 heavy (non-hydrogen) atoms. The number of aromatic nitrogens is 2. The number of imidazole rings is 1. The van der Waals surface area contributed by atoms with E-state index < -0.39 is 0 Å². The number of benzene rings is 2. The van der Waals surface area contributed by atoms with Crippen molar-refractivity contribution < 1.29 is 0 Å². The van der Waals surface area contributed by atoms with E-state index in [-0.39, 0.29) is 0 Å². The Morgan fingerprint density at radius 3 is 2.55 bits per heavy atom. The minimum absolute atomic E-state index is 0.464. The number of rotatable bonds is 3. The lowest BCUT2D eigenvalue weighted by Gasteiger charge is -2.09. The highest BCUT2D eigenvalue weighted by molar-refractivity contribution is 7.80.